The first-order chi connectivity index (χ1) is 9.20. The lowest BCUT2D eigenvalue weighted by molar-refractivity contribution is 0.399. The Balaban J connectivity index is 1.84. The fourth-order valence-corrected chi connectivity index (χ4v) is 4.07. The third kappa shape index (κ3) is 4.11. The van der Waals surface area contributed by atoms with Crippen molar-refractivity contribution in [3.63, 3.8) is 0 Å². The number of rotatable bonds is 6. The minimum atomic E-state index is -1.00. The van der Waals surface area contributed by atoms with Gasteiger partial charge in [-0.3, -0.25) is 4.21 Å². The summed E-state index contributed by atoms with van der Waals surface area (Å²) in [5.74, 6) is 1.05. The van der Waals surface area contributed by atoms with Crippen molar-refractivity contribution in [2.45, 2.75) is 43.5 Å². The zero-order chi connectivity index (χ0) is 13.7. The molecule has 0 aliphatic heterocycles. The van der Waals surface area contributed by atoms with Gasteiger partial charge in [-0.05, 0) is 56.0 Å². The standard InChI is InChI=1S/C15H22FNOS/c1-2-17-15-5-3-4-12(15)10-11-19(18)14-8-6-13(16)7-9-14/h6-9,12,15,17H,2-5,10-11H2,1H3. The van der Waals surface area contributed by atoms with Gasteiger partial charge in [-0.25, -0.2) is 4.39 Å². The molecule has 0 radical (unpaired) electrons. The maximum atomic E-state index is 12.8. The number of halogens is 1. The molecular formula is C15H22FNOS. The molecule has 0 saturated heterocycles. The summed E-state index contributed by atoms with van der Waals surface area (Å²) in [6.45, 7) is 3.13. The van der Waals surface area contributed by atoms with E-state index in [-0.39, 0.29) is 5.82 Å². The highest BCUT2D eigenvalue weighted by molar-refractivity contribution is 7.85. The highest BCUT2D eigenvalue weighted by Crippen LogP contribution is 2.29. The van der Waals surface area contributed by atoms with Crippen molar-refractivity contribution in [2.75, 3.05) is 12.3 Å². The Morgan fingerprint density at radius 2 is 2.05 bits per heavy atom. The van der Waals surface area contributed by atoms with Gasteiger partial charge in [-0.2, -0.15) is 0 Å². The average molecular weight is 283 g/mol. The highest BCUT2D eigenvalue weighted by Gasteiger charge is 2.26. The zero-order valence-electron chi connectivity index (χ0n) is 11.4. The molecule has 2 nitrogen and oxygen atoms in total. The third-order valence-corrected chi connectivity index (χ3v) is 5.28. The first-order valence-corrected chi connectivity index (χ1v) is 8.40. The minimum absolute atomic E-state index is 0.274. The SMILES string of the molecule is CCNC1CCCC1CCS(=O)c1ccc(F)cc1. The Morgan fingerprint density at radius 1 is 1.32 bits per heavy atom. The van der Waals surface area contributed by atoms with Gasteiger partial charge in [0, 0.05) is 16.7 Å². The highest BCUT2D eigenvalue weighted by atomic mass is 32.2. The molecule has 1 aliphatic carbocycles. The summed E-state index contributed by atoms with van der Waals surface area (Å²) < 4.78 is 25.0. The molecule has 1 saturated carbocycles. The lowest BCUT2D eigenvalue weighted by atomic mass is 10.0. The first-order valence-electron chi connectivity index (χ1n) is 7.08. The molecule has 3 atom stereocenters. The molecule has 0 aromatic heterocycles. The summed E-state index contributed by atoms with van der Waals surface area (Å²) in [6, 6.07) is 6.60. The van der Waals surface area contributed by atoms with Gasteiger partial charge in [0.1, 0.15) is 5.82 Å². The maximum Gasteiger partial charge on any atom is 0.123 e. The van der Waals surface area contributed by atoms with E-state index < -0.39 is 10.8 Å². The van der Waals surface area contributed by atoms with Gasteiger partial charge in [0.05, 0.1) is 10.8 Å². The van der Waals surface area contributed by atoms with Crippen molar-refractivity contribution in [3.05, 3.63) is 30.1 Å². The maximum absolute atomic E-state index is 12.8. The largest absolute Gasteiger partial charge is 0.314 e. The molecule has 0 bridgehead atoms. The number of hydrogen-bond acceptors (Lipinski definition) is 2. The van der Waals surface area contributed by atoms with Crippen molar-refractivity contribution in [1.29, 1.82) is 0 Å². The smallest absolute Gasteiger partial charge is 0.123 e. The molecule has 19 heavy (non-hydrogen) atoms. The van der Waals surface area contributed by atoms with E-state index in [0.29, 0.717) is 17.7 Å². The van der Waals surface area contributed by atoms with Gasteiger partial charge in [0.25, 0.3) is 0 Å². The number of benzene rings is 1. The van der Waals surface area contributed by atoms with Crippen LogP contribution in [0, 0.1) is 11.7 Å². The summed E-state index contributed by atoms with van der Waals surface area (Å²) in [7, 11) is -1.00. The van der Waals surface area contributed by atoms with Gasteiger partial charge in [0.15, 0.2) is 0 Å². The van der Waals surface area contributed by atoms with Crippen molar-refractivity contribution in [3.8, 4) is 0 Å². The lowest BCUT2D eigenvalue weighted by Gasteiger charge is -2.20. The Labute approximate surface area is 117 Å². The number of nitrogens with one attached hydrogen (secondary N) is 1. The van der Waals surface area contributed by atoms with Crippen LogP contribution in [0.15, 0.2) is 29.2 Å². The van der Waals surface area contributed by atoms with Crippen LogP contribution < -0.4 is 5.32 Å². The van der Waals surface area contributed by atoms with E-state index in [0.717, 1.165) is 17.9 Å². The number of hydrogen-bond donors (Lipinski definition) is 1. The Morgan fingerprint density at radius 3 is 2.74 bits per heavy atom. The molecule has 1 aromatic carbocycles. The van der Waals surface area contributed by atoms with Crippen molar-refractivity contribution in [1.82, 2.24) is 5.32 Å². The minimum Gasteiger partial charge on any atom is -0.314 e. The fraction of sp³-hybridized carbons (Fsp3) is 0.600. The molecule has 0 spiro atoms. The average Bonchev–Trinajstić information content (AvgIpc) is 2.85. The fourth-order valence-electron chi connectivity index (χ4n) is 2.88. The first kappa shape index (κ1) is 14.7. The van der Waals surface area contributed by atoms with Gasteiger partial charge in [-0.1, -0.05) is 13.3 Å². The van der Waals surface area contributed by atoms with Crippen molar-refractivity contribution < 1.29 is 8.60 Å². The summed E-state index contributed by atoms with van der Waals surface area (Å²) in [6.07, 6.45) is 4.73. The quantitative estimate of drug-likeness (QED) is 0.869. The van der Waals surface area contributed by atoms with Crippen molar-refractivity contribution >= 4 is 10.8 Å². The predicted molar refractivity (Wildman–Crippen MR) is 77.1 cm³/mol. The van der Waals surface area contributed by atoms with E-state index >= 15 is 0 Å². The van der Waals surface area contributed by atoms with E-state index in [1.54, 1.807) is 12.1 Å². The van der Waals surface area contributed by atoms with E-state index in [1.807, 2.05) is 0 Å². The van der Waals surface area contributed by atoms with Crippen LogP contribution in [0.1, 0.15) is 32.6 Å². The normalized spacial score (nSPS) is 24.5. The lowest BCUT2D eigenvalue weighted by Crippen LogP contribution is -2.32. The molecule has 0 heterocycles. The molecule has 4 heteroatoms. The molecule has 1 aromatic rings. The van der Waals surface area contributed by atoms with Crippen LogP contribution in [-0.2, 0) is 10.8 Å². The summed E-state index contributed by atoms with van der Waals surface area (Å²) in [5, 5.41) is 3.52. The summed E-state index contributed by atoms with van der Waals surface area (Å²) in [5.41, 5.74) is 0. The van der Waals surface area contributed by atoms with Gasteiger partial charge < -0.3 is 5.32 Å². The molecule has 106 valence electrons. The van der Waals surface area contributed by atoms with Crippen LogP contribution in [0.25, 0.3) is 0 Å². The zero-order valence-corrected chi connectivity index (χ0v) is 12.2. The summed E-state index contributed by atoms with van der Waals surface area (Å²) in [4.78, 5) is 0.736. The summed E-state index contributed by atoms with van der Waals surface area (Å²) >= 11 is 0. The predicted octanol–water partition coefficient (Wildman–Crippen LogP) is 3.10. The van der Waals surface area contributed by atoms with Crippen LogP contribution in [0.5, 0.6) is 0 Å². The van der Waals surface area contributed by atoms with Gasteiger partial charge in [0.2, 0.25) is 0 Å². The Kier molecular flexibility index (Phi) is 5.52. The van der Waals surface area contributed by atoms with Crippen LogP contribution in [0.3, 0.4) is 0 Å². The van der Waals surface area contributed by atoms with E-state index in [4.69, 9.17) is 0 Å². The van der Waals surface area contributed by atoms with Crippen LogP contribution in [-0.4, -0.2) is 22.5 Å². The van der Waals surface area contributed by atoms with Gasteiger partial charge in [-0.15, -0.1) is 0 Å². The molecule has 1 aliphatic rings. The molecule has 2 rings (SSSR count). The van der Waals surface area contributed by atoms with E-state index in [9.17, 15) is 8.60 Å². The second-order valence-corrected chi connectivity index (χ2v) is 6.72. The third-order valence-electron chi connectivity index (χ3n) is 3.88. The Hall–Kier alpha value is -0.740. The van der Waals surface area contributed by atoms with Crippen LogP contribution >= 0.6 is 0 Å². The van der Waals surface area contributed by atoms with Crippen molar-refractivity contribution in [2.24, 2.45) is 5.92 Å². The molecule has 1 N–H and O–H groups in total. The van der Waals surface area contributed by atoms with Crippen LogP contribution in [0.2, 0.25) is 0 Å². The molecule has 1 fully saturated rings. The topological polar surface area (TPSA) is 29.1 Å². The van der Waals surface area contributed by atoms with E-state index in [1.165, 1.54) is 31.4 Å². The molecular weight excluding hydrogens is 261 g/mol. The second kappa shape index (κ2) is 7.15. The Bertz CT molecular complexity index is 421. The second-order valence-electron chi connectivity index (χ2n) is 5.15. The van der Waals surface area contributed by atoms with Gasteiger partial charge >= 0.3 is 0 Å². The monoisotopic (exact) mass is 283 g/mol. The van der Waals surface area contributed by atoms with E-state index in [2.05, 4.69) is 12.2 Å². The molecule has 0 amide bonds. The van der Waals surface area contributed by atoms with Crippen LogP contribution in [0.4, 0.5) is 4.39 Å². The molecule has 3 unspecified atom stereocenters.